The summed E-state index contributed by atoms with van der Waals surface area (Å²) in [6.07, 6.45) is 5.12. The van der Waals surface area contributed by atoms with Crippen LogP contribution in [-0.2, 0) is 20.8 Å². The molecule has 1 aliphatic carbocycles. The van der Waals surface area contributed by atoms with Crippen molar-refractivity contribution in [1.29, 1.82) is 0 Å². The zero-order valence-electron chi connectivity index (χ0n) is 28.3. The van der Waals surface area contributed by atoms with Gasteiger partial charge < -0.3 is 0 Å². The molecule has 5 N–H and O–H groups in total. The summed E-state index contributed by atoms with van der Waals surface area (Å²) in [6, 6.07) is 19.2. The van der Waals surface area contributed by atoms with Gasteiger partial charge in [0.2, 0.25) is 0 Å². The number of hydrazine groups is 1. The Balaban J connectivity index is 1.53. The fourth-order valence-corrected chi connectivity index (χ4v) is 9.06. The number of aromatic nitrogens is 1. The topological polar surface area (TPSA) is 155 Å². The van der Waals surface area contributed by atoms with Crippen LogP contribution in [0.2, 0.25) is 4.71 Å². The van der Waals surface area contributed by atoms with E-state index in [1.54, 1.807) is 18.2 Å². The first kappa shape index (κ1) is 37.2. The Morgan fingerprint density at radius 1 is 0.979 bits per heavy atom. The van der Waals surface area contributed by atoms with Crippen molar-refractivity contribution in [3.05, 3.63) is 78.0 Å². The molecular weight excluding hydrogens is 669 g/mol. The number of fused-ring (bicyclic) bond motifs is 1. The first-order valence-corrected chi connectivity index (χ1v) is 19.1. The Kier molecular flexibility index (Phi) is 13.7. The molecule has 3 amide bonds. The molecule has 1 saturated carbocycles. The average Bonchev–Trinajstić information content (AvgIpc) is 3.03. The van der Waals surface area contributed by atoms with Crippen LogP contribution in [-0.4, -0.2) is 78.4 Å². The summed E-state index contributed by atoms with van der Waals surface area (Å²) in [5.74, 6) is -0.992. The van der Waals surface area contributed by atoms with Gasteiger partial charge in [0.15, 0.2) is 0 Å². The number of hydrogen-bond acceptors (Lipinski definition) is 7. The van der Waals surface area contributed by atoms with Crippen LogP contribution in [0.4, 0.5) is 0 Å². The van der Waals surface area contributed by atoms with E-state index in [0.717, 1.165) is 36.6 Å². The summed E-state index contributed by atoms with van der Waals surface area (Å²) in [4.78, 5) is 56.7. The van der Waals surface area contributed by atoms with E-state index in [-0.39, 0.29) is 34.6 Å². The molecule has 11 heteroatoms. The van der Waals surface area contributed by atoms with Gasteiger partial charge in [-0.15, -0.1) is 0 Å². The van der Waals surface area contributed by atoms with E-state index in [1.165, 1.54) is 6.42 Å². The summed E-state index contributed by atoms with van der Waals surface area (Å²) < 4.78 is -0.738. The van der Waals surface area contributed by atoms with Crippen LogP contribution in [0.1, 0.15) is 81.8 Å². The molecule has 3 aromatic rings. The SMILES string of the molecule is CC(C)(C)CC(=O)NN(CC1CCCCC1)CC(O)C(Cc1ccccc1)[AsH]C(=O)[C@H](CC(N)=O)NC(=O)c1ccc2ccccc2n1. The molecule has 258 valence electrons. The second-order valence-corrected chi connectivity index (χ2v) is 17.3. The maximum atomic E-state index is 13.9. The fraction of sp³-hybridized carbons (Fsp3) is 0.486. The first-order chi connectivity index (χ1) is 22.9. The van der Waals surface area contributed by atoms with Crippen molar-refractivity contribution in [3.63, 3.8) is 0 Å². The number of amides is 3. The Hall–Kier alpha value is -3.59. The molecule has 10 nitrogen and oxygen atoms in total. The maximum absolute atomic E-state index is 13.9. The van der Waals surface area contributed by atoms with E-state index in [0.29, 0.717) is 30.8 Å². The fourth-order valence-electron chi connectivity index (χ4n) is 6.17. The number of benzene rings is 2. The van der Waals surface area contributed by atoms with Gasteiger partial charge in [-0.1, -0.05) is 0 Å². The van der Waals surface area contributed by atoms with Crippen molar-refractivity contribution in [3.8, 4) is 0 Å². The van der Waals surface area contributed by atoms with Crippen molar-refractivity contribution in [2.45, 2.75) is 89.0 Å². The van der Waals surface area contributed by atoms with Crippen molar-refractivity contribution in [2.24, 2.45) is 17.1 Å². The standard InChI is InChI=1S/C37H50AsN5O5/c1-37(2,3)22-34(46)42-43(23-26-14-8-5-9-15-26)24-32(44)28(20-25-12-6-4-7-13-25)38-35(47)31(21-33(39)45)41-36(48)30-19-18-27-16-10-11-17-29(27)40-30/h4,6-7,10-13,16-19,26,28,31-32,38,44H,5,8-9,14-15,20-24H2,1-3H3,(H2,39,45)(H,41,48)(H,42,46)/t28?,31-,32?/m0/s1. The number of nitrogens with zero attached hydrogens (tertiary/aromatic N) is 2. The summed E-state index contributed by atoms with van der Waals surface area (Å²) >= 11 is -1.62. The molecule has 0 bridgehead atoms. The Morgan fingerprint density at radius 3 is 2.35 bits per heavy atom. The van der Waals surface area contributed by atoms with Crippen LogP contribution in [0.5, 0.6) is 0 Å². The molecule has 0 saturated heterocycles. The van der Waals surface area contributed by atoms with Crippen LogP contribution < -0.4 is 16.5 Å². The van der Waals surface area contributed by atoms with Gasteiger partial charge in [-0.05, 0) is 0 Å². The number of aliphatic hydroxyl groups excluding tert-OH is 1. The van der Waals surface area contributed by atoms with Crippen LogP contribution in [0, 0.1) is 11.3 Å². The van der Waals surface area contributed by atoms with Crippen LogP contribution >= 0.6 is 0 Å². The third-order valence-electron chi connectivity index (χ3n) is 8.53. The van der Waals surface area contributed by atoms with Crippen LogP contribution in [0.25, 0.3) is 10.9 Å². The van der Waals surface area contributed by atoms with E-state index in [2.05, 4.69) is 15.7 Å². The van der Waals surface area contributed by atoms with Crippen LogP contribution in [0.3, 0.4) is 0 Å². The molecule has 1 fully saturated rings. The van der Waals surface area contributed by atoms with Gasteiger partial charge in [-0.25, -0.2) is 0 Å². The van der Waals surface area contributed by atoms with Crippen molar-refractivity contribution >= 4 is 48.9 Å². The third kappa shape index (κ3) is 12.1. The monoisotopic (exact) mass is 719 g/mol. The number of aliphatic hydroxyl groups is 1. The second kappa shape index (κ2) is 17.7. The number of para-hydroxylation sites is 1. The summed E-state index contributed by atoms with van der Waals surface area (Å²) in [5, 5.41) is 17.2. The zero-order chi connectivity index (χ0) is 34.7. The normalized spacial score (nSPS) is 16.1. The first-order valence-electron chi connectivity index (χ1n) is 16.9. The van der Waals surface area contributed by atoms with Crippen molar-refractivity contribution in [2.75, 3.05) is 13.1 Å². The predicted octanol–water partition coefficient (Wildman–Crippen LogP) is 3.91. The summed E-state index contributed by atoms with van der Waals surface area (Å²) in [6.45, 7) is 6.82. The van der Waals surface area contributed by atoms with E-state index in [9.17, 15) is 24.3 Å². The average molecular weight is 720 g/mol. The zero-order valence-corrected chi connectivity index (χ0v) is 30.4. The summed E-state index contributed by atoms with van der Waals surface area (Å²) in [5.41, 5.74) is 10.1. The Morgan fingerprint density at radius 2 is 1.67 bits per heavy atom. The number of nitrogens with one attached hydrogen (secondary N) is 2. The molecule has 48 heavy (non-hydrogen) atoms. The number of pyridine rings is 1. The van der Waals surface area contributed by atoms with Gasteiger partial charge in [0.1, 0.15) is 0 Å². The number of primary amides is 1. The van der Waals surface area contributed by atoms with Gasteiger partial charge in [0.05, 0.1) is 0 Å². The van der Waals surface area contributed by atoms with Gasteiger partial charge in [-0.2, -0.15) is 0 Å². The van der Waals surface area contributed by atoms with Crippen molar-refractivity contribution < 1.29 is 24.3 Å². The van der Waals surface area contributed by atoms with Crippen molar-refractivity contribution in [1.82, 2.24) is 20.7 Å². The molecule has 0 radical (unpaired) electrons. The molecule has 1 aliphatic rings. The second-order valence-electron chi connectivity index (χ2n) is 14.1. The Bertz CT molecular complexity index is 1540. The van der Waals surface area contributed by atoms with Gasteiger partial charge in [-0.3, -0.25) is 0 Å². The molecule has 1 aromatic heterocycles. The van der Waals surface area contributed by atoms with E-state index < -0.39 is 44.4 Å². The molecule has 2 aromatic carbocycles. The quantitative estimate of drug-likeness (QED) is 0.129. The Labute approximate surface area is 290 Å². The molecule has 1 heterocycles. The van der Waals surface area contributed by atoms with Gasteiger partial charge in [0.25, 0.3) is 0 Å². The number of rotatable bonds is 16. The summed E-state index contributed by atoms with van der Waals surface area (Å²) in [7, 11) is 0. The number of hydrogen-bond donors (Lipinski definition) is 4. The molecule has 0 aliphatic heterocycles. The predicted molar refractivity (Wildman–Crippen MR) is 189 cm³/mol. The van der Waals surface area contributed by atoms with Crippen LogP contribution in [0.15, 0.2) is 66.7 Å². The van der Waals surface area contributed by atoms with E-state index in [1.807, 2.05) is 74.3 Å². The van der Waals surface area contributed by atoms with Gasteiger partial charge in [0, 0.05) is 0 Å². The molecule has 4 rings (SSSR count). The molecule has 0 spiro atoms. The molecule has 4 atom stereocenters. The number of nitrogens with two attached hydrogens (primary N) is 1. The number of carbonyl (C=O) groups is 4. The van der Waals surface area contributed by atoms with Gasteiger partial charge >= 0.3 is 291 Å². The third-order valence-corrected chi connectivity index (χ3v) is 11.9. The minimum atomic E-state index is -1.62. The van der Waals surface area contributed by atoms with E-state index >= 15 is 0 Å². The number of carbonyl (C=O) groups excluding carboxylic acids is 4. The molecule has 3 unspecified atom stereocenters. The minimum absolute atomic E-state index is 0.108. The molecular formula is C37H50AsN5O5. The van der Waals surface area contributed by atoms with E-state index in [4.69, 9.17) is 5.73 Å².